The van der Waals surface area contributed by atoms with Crippen molar-refractivity contribution in [3.8, 4) is 6.07 Å². The second-order valence-corrected chi connectivity index (χ2v) is 4.56. The van der Waals surface area contributed by atoms with E-state index in [4.69, 9.17) is 5.73 Å². The van der Waals surface area contributed by atoms with E-state index in [0.717, 1.165) is 15.6 Å². The van der Waals surface area contributed by atoms with Gasteiger partial charge in [-0.3, -0.25) is 4.98 Å². The summed E-state index contributed by atoms with van der Waals surface area (Å²) in [6.45, 7) is 0. The van der Waals surface area contributed by atoms with Crippen molar-refractivity contribution in [3.63, 3.8) is 0 Å². The second kappa shape index (κ2) is 5.48. The van der Waals surface area contributed by atoms with Gasteiger partial charge in [-0.25, -0.2) is 0 Å². The molecule has 0 saturated heterocycles. The predicted molar refractivity (Wildman–Crippen MR) is 75.0 cm³/mol. The molecule has 0 bridgehead atoms. The monoisotopic (exact) mass is 299 g/mol. The lowest BCUT2D eigenvalue weighted by Crippen LogP contribution is -2.00. The molecule has 0 saturated carbocycles. The van der Waals surface area contributed by atoms with Crippen LogP contribution >= 0.6 is 15.9 Å². The van der Waals surface area contributed by atoms with Gasteiger partial charge < -0.3 is 5.73 Å². The summed E-state index contributed by atoms with van der Waals surface area (Å²) in [6.07, 6.45) is 3.29. The Bertz CT molecular complexity index is 610. The number of rotatable bonds is 2. The number of pyridine rings is 1. The average molecular weight is 300 g/mol. The van der Waals surface area contributed by atoms with Gasteiger partial charge >= 0.3 is 0 Å². The van der Waals surface area contributed by atoms with Crippen LogP contribution < -0.4 is 5.73 Å². The number of allylic oxidation sites excluding steroid dienone is 1. The number of nitriles is 1. The summed E-state index contributed by atoms with van der Waals surface area (Å²) in [7, 11) is 0. The van der Waals surface area contributed by atoms with Crippen LogP contribution in [0.3, 0.4) is 0 Å². The van der Waals surface area contributed by atoms with E-state index >= 15 is 0 Å². The highest BCUT2D eigenvalue weighted by molar-refractivity contribution is 9.10. The van der Waals surface area contributed by atoms with E-state index in [2.05, 4.69) is 27.0 Å². The van der Waals surface area contributed by atoms with Gasteiger partial charge in [0, 0.05) is 22.4 Å². The van der Waals surface area contributed by atoms with Crippen LogP contribution in [0.2, 0.25) is 0 Å². The predicted octanol–water partition coefficient (Wildman–Crippen LogP) is 3.19. The fraction of sp³-hybridized carbons (Fsp3) is 0. The Labute approximate surface area is 114 Å². The van der Waals surface area contributed by atoms with E-state index in [1.54, 1.807) is 18.5 Å². The highest BCUT2D eigenvalue weighted by Gasteiger charge is 2.08. The molecule has 1 aromatic heterocycles. The van der Waals surface area contributed by atoms with E-state index in [-0.39, 0.29) is 0 Å². The molecule has 1 aromatic carbocycles. The third-order valence-electron chi connectivity index (χ3n) is 2.49. The second-order valence-electron chi connectivity index (χ2n) is 3.65. The third-order valence-corrected chi connectivity index (χ3v) is 3.02. The van der Waals surface area contributed by atoms with E-state index < -0.39 is 0 Å². The maximum Gasteiger partial charge on any atom is 0.102 e. The first kappa shape index (κ1) is 12.3. The fourth-order valence-corrected chi connectivity index (χ4v) is 1.83. The molecule has 0 aliphatic rings. The van der Waals surface area contributed by atoms with E-state index in [1.165, 1.54) is 0 Å². The number of hydrogen-bond acceptors (Lipinski definition) is 3. The van der Waals surface area contributed by atoms with Crippen LogP contribution in [0, 0.1) is 11.3 Å². The molecule has 0 fully saturated rings. The molecule has 1 heterocycles. The van der Waals surface area contributed by atoms with Crippen LogP contribution in [-0.4, -0.2) is 4.98 Å². The van der Waals surface area contributed by atoms with Crippen LogP contribution in [0.15, 0.2) is 53.3 Å². The molecule has 0 amide bonds. The Balaban J connectivity index is 2.51. The van der Waals surface area contributed by atoms with Gasteiger partial charge in [0.15, 0.2) is 0 Å². The highest BCUT2D eigenvalue weighted by atomic mass is 79.9. The van der Waals surface area contributed by atoms with E-state index in [0.29, 0.717) is 11.3 Å². The molecule has 0 aliphatic carbocycles. The molecule has 0 aliphatic heterocycles. The van der Waals surface area contributed by atoms with Gasteiger partial charge in [0.2, 0.25) is 0 Å². The van der Waals surface area contributed by atoms with Crippen LogP contribution in [0.1, 0.15) is 11.1 Å². The SMILES string of the molecule is N#C/C(=C(/N)c1ccc(Br)cc1)c1cccnc1. The number of nitrogens with two attached hydrogens (primary N) is 1. The van der Waals surface area contributed by atoms with Crippen molar-refractivity contribution >= 4 is 27.2 Å². The number of halogens is 1. The summed E-state index contributed by atoms with van der Waals surface area (Å²) < 4.78 is 0.971. The number of hydrogen-bond donors (Lipinski definition) is 1. The Morgan fingerprint density at radius 1 is 1.17 bits per heavy atom. The summed E-state index contributed by atoms with van der Waals surface area (Å²) in [5.41, 5.74) is 8.48. The van der Waals surface area contributed by atoms with Crippen molar-refractivity contribution in [1.29, 1.82) is 5.26 Å². The van der Waals surface area contributed by atoms with Gasteiger partial charge in [0.05, 0.1) is 11.3 Å². The van der Waals surface area contributed by atoms with Gasteiger partial charge in [-0.1, -0.05) is 34.1 Å². The zero-order valence-electron chi connectivity index (χ0n) is 9.47. The molecule has 0 atom stereocenters. The molecule has 2 N–H and O–H groups in total. The third kappa shape index (κ3) is 2.58. The first-order chi connectivity index (χ1) is 8.72. The Morgan fingerprint density at radius 3 is 2.44 bits per heavy atom. The summed E-state index contributed by atoms with van der Waals surface area (Å²) in [4.78, 5) is 4.00. The minimum absolute atomic E-state index is 0.436. The minimum atomic E-state index is 0.436. The molecule has 18 heavy (non-hydrogen) atoms. The molecule has 2 aromatic rings. The first-order valence-electron chi connectivity index (χ1n) is 5.28. The van der Waals surface area contributed by atoms with Crippen LogP contribution in [-0.2, 0) is 0 Å². The van der Waals surface area contributed by atoms with Gasteiger partial charge in [-0.15, -0.1) is 0 Å². The number of aromatic nitrogens is 1. The Hall–Kier alpha value is -2.12. The summed E-state index contributed by atoms with van der Waals surface area (Å²) in [5, 5.41) is 9.24. The number of nitrogens with zero attached hydrogens (tertiary/aromatic N) is 2. The van der Waals surface area contributed by atoms with Crippen molar-refractivity contribution in [2.45, 2.75) is 0 Å². The first-order valence-corrected chi connectivity index (χ1v) is 6.08. The maximum absolute atomic E-state index is 9.24. The maximum atomic E-state index is 9.24. The molecule has 0 radical (unpaired) electrons. The number of benzene rings is 1. The highest BCUT2D eigenvalue weighted by Crippen LogP contribution is 2.22. The molecule has 2 rings (SSSR count). The largest absolute Gasteiger partial charge is 0.397 e. The summed E-state index contributed by atoms with van der Waals surface area (Å²) in [5.74, 6) is 0. The van der Waals surface area contributed by atoms with Crippen molar-refractivity contribution in [2.75, 3.05) is 0 Å². The molecular weight excluding hydrogens is 290 g/mol. The van der Waals surface area contributed by atoms with Crippen molar-refractivity contribution < 1.29 is 0 Å². The topological polar surface area (TPSA) is 62.7 Å². The zero-order valence-corrected chi connectivity index (χ0v) is 11.1. The lowest BCUT2D eigenvalue weighted by molar-refractivity contribution is 1.31. The van der Waals surface area contributed by atoms with Gasteiger partial charge in [-0.2, -0.15) is 5.26 Å². The van der Waals surface area contributed by atoms with Crippen molar-refractivity contribution in [2.24, 2.45) is 5.73 Å². The summed E-state index contributed by atoms with van der Waals surface area (Å²) in [6, 6.07) is 13.2. The van der Waals surface area contributed by atoms with Gasteiger partial charge in [-0.05, 0) is 23.8 Å². The quantitative estimate of drug-likeness (QED) is 0.866. The van der Waals surface area contributed by atoms with Crippen LogP contribution in [0.5, 0.6) is 0 Å². The van der Waals surface area contributed by atoms with Crippen molar-refractivity contribution in [3.05, 3.63) is 64.4 Å². The molecule has 0 spiro atoms. The van der Waals surface area contributed by atoms with Crippen LogP contribution in [0.25, 0.3) is 11.3 Å². The van der Waals surface area contributed by atoms with Crippen LogP contribution in [0.4, 0.5) is 0 Å². The summed E-state index contributed by atoms with van der Waals surface area (Å²) >= 11 is 3.36. The van der Waals surface area contributed by atoms with Gasteiger partial charge in [0.1, 0.15) is 6.07 Å². The van der Waals surface area contributed by atoms with E-state index in [1.807, 2.05) is 30.3 Å². The molecule has 3 nitrogen and oxygen atoms in total. The zero-order chi connectivity index (χ0) is 13.0. The lowest BCUT2D eigenvalue weighted by Gasteiger charge is -2.06. The Kier molecular flexibility index (Phi) is 3.75. The fourth-order valence-electron chi connectivity index (χ4n) is 1.56. The average Bonchev–Trinajstić information content (AvgIpc) is 2.41. The molecule has 88 valence electrons. The minimum Gasteiger partial charge on any atom is -0.397 e. The molecule has 4 heteroatoms. The standard InChI is InChI=1S/C14H10BrN3/c15-12-5-3-10(4-6-12)14(17)13(8-16)11-2-1-7-18-9-11/h1-7,9H,17H2/b14-13-. The van der Waals surface area contributed by atoms with Gasteiger partial charge in [0.25, 0.3) is 0 Å². The normalized spacial score (nSPS) is 11.6. The molecular formula is C14H10BrN3. The lowest BCUT2D eigenvalue weighted by atomic mass is 10.0. The molecule has 0 unspecified atom stereocenters. The van der Waals surface area contributed by atoms with Crippen molar-refractivity contribution in [1.82, 2.24) is 4.98 Å². The van der Waals surface area contributed by atoms with E-state index in [9.17, 15) is 5.26 Å². The Morgan fingerprint density at radius 2 is 1.89 bits per heavy atom. The smallest absolute Gasteiger partial charge is 0.102 e.